The zero-order chi connectivity index (χ0) is 14.6. The Morgan fingerprint density at radius 1 is 1.37 bits per heavy atom. The van der Waals surface area contributed by atoms with Crippen LogP contribution >= 0.6 is 0 Å². The minimum Gasteiger partial charge on any atom is -0.480 e. The number of pyridine rings is 1. The van der Waals surface area contributed by atoms with Gasteiger partial charge in [-0.25, -0.2) is 18.6 Å². The molecule has 0 aliphatic carbocycles. The van der Waals surface area contributed by atoms with Crippen LogP contribution in [0.4, 0.5) is 19.3 Å². The lowest BCUT2D eigenvalue weighted by Gasteiger charge is -2.20. The Hall–Kier alpha value is -1.92. The van der Waals surface area contributed by atoms with E-state index in [4.69, 9.17) is 9.47 Å². The molecular formula is C12H16F2N2O3. The van der Waals surface area contributed by atoms with Crippen molar-refractivity contribution in [2.45, 2.75) is 32.8 Å². The summed E-state index contributed by atoms with van der Waals surface area (Å²) in [4.78, 5) is 15.1. The number of carbonyl (C=O) groups is 1. The van der Waals surface area contributed by atoms with Crippen molar-refractivity contribution in [3.63, 3.8) is 0 Å². The molecule has 1 heterocycles. The average Bonchev–Trinajstić information content (AvgIpc) is 2.26. The van der Waals surface area contributed by atoms with E-state index in [1.165, 1.54) is 13.2 Å². The Balaban J connectivity index is 2.86. The van der Waals surface area contributed by atoms with Gasteiger partial charge in [-0.3, -0.25) is 5.32 Å². The highest BCUT2D eigenvalue weighted by Crippen LogP contribution is 2.26. The highest BCUT2D eigenvalue weighted by Gasteiger charge is 2.19. The number of rotatable bonds is 3. The third-order valence-electron chi connectivity index (χ3n) is 1.93. The predicted octanol–water partition coefficient (Wildman–Crippen LogP) is 3.37. The summed E-state index contributed by atoms with van der Waals surface area (Å²) in [7, 11) is 1.28. The molecule has 1 amide bonds. The quantitative estimate of drug-likeness (QED) is 0.918. The molecule has 1 rings (SSSR count). The summed E-state index contributed by atoms with van der Waals surface area (Å²) in [5.74, 6) is -0.0938. The second-order valence-electron chi connectivity index (χ2n) is 4.72. The number of hydrogen-bond donors (Lipinski definition) is 1. The van der Waals surface area contributed by atoms with Gasteiger partial charge < -0.3 is 9.47 Å². The van der Waals surface area contributed by atoms with Crippen molar-refractivity contribution < 1.29 is 23.0 Å². The molecule has 0 aromatic carbocycles. The molecule has 7 heteroatoms. The largest absolute Gasteiger partial charge is 0.480 e. The summed E-state index contributed by atoms with van der Waals surface area (Å²) in [6.07, 6.45) is -3.41. The summed E-state index contributed by atoms with van der Waals surface area (Å²) in [5.41, 5.74) is -0.916. The molecule has 1 aromatic heterocycles. The molecule has 0 fully saturated rings. The number of nitrogens with zero attached hydrogens (tertiary/aromatic N) is 1. The zero-order valence-electron chi connectivity index (χ0n) is 11.2. The molecule has 1 N–H and O–H groups in total. The van der Waals surface area contributed by atoms with Crippen molar-refractivity contribution in [1.82, 2.24) is 4.98 Å². The van der Waals surface area contributed by atoms with Crippen molar-refractivity contribution in [3.05, 3.63) is 17.8 Å². The van der Waals surface area contributed by atoms with Crippen LogP contribution in [0.25, 0.3) is 0 Å². The van der Waals surface area contributed by atoms with Gasteiger partial charge >= 0.3 is 6.09 Å². The van der Waals surface area contributed by atoms with Crippen LogP contribution in [-0.2, 0) is 4.74 Å². The first-order valence-corrected chi connectivity index (χ1v) is 5.56. The smallest absolute Gasteiger partial charge is 0.412 e. The molecule has 0 bridgehead atoms. The Labute approximate surface area is 109 Å². The number of halogens is 2. The van der Waals surface area contributed by atoms with Gasteiger partial charge in [0.05, 0.1) is 7.11 Å². The minimum atomic E-state index is -2.70. The van der Waals surface area contributed by atoms with Crippen LogP contribution in [0.3, 0.4) is 0 Å². The molecule has 0 spiro atoms. The van der Waals surface area contributed by atoms with Crippen LogP contribution in [0, 0.1) is 0 Å². The molecule has 0 saturated carbocycles. The second-order valence-corrected chi connectivity index (χ2v) is 4.72. The number of aromatic nitrogens is 1. The fraction of sp³-hybridized carbons (Fsp3) is 0.500. The molecule has 0 aliphatic rings. The SMILES string of the molecule is COc1nc(C(F)F)ccc1NC(=O)OC(C)(C)C. The Morgan fingerprint density at radius 2 is 2.00 bits per heavy atom. The van der Waals surface area contributed by atoms with Gasteiger partial charge in [-0.2, -0.15) is 0 Å². The molecule has 0 saturated heterocycles. The van der Waals surface area contributed by atoms with Crippen LogP contribution in [0.5, 0.6) is 5.88 Å². The number of ether oxygens (including phenoxy) is 2. The van der Waals surface area contributed by atoms with E-state index < -0.39 is 23.8 Å². The molecule has 0 atom stereocenters. The molecule has 0 aliphatic heterocycles. The van der Waals surface area contributed by atoms with Gasteiger partial charge in [0, 0.05) is 0 Å². The van der Waals surface area contributed by atoms with Crippen LogP contribution in [0.2, 0.25) is 0 Å². The first kappa shape index (κ1) is 15.1. The van der Waals surface area contributed by atoms with Gasteiger partial charge in [-0.05, 0) is 32.9 Å². The van der Waals surface area contributed by atoms with Gasteiger partial charge in [-0.15, -0.1) is 0 Å². The summed E-state index contributed by atoms with van der Waals surface area (Å²) in [6, 6.07) is 2.40. The minimum absolute atomic E-state index is 0.0938. The Morgan fingerprint density at radius 3 is 2.47 bits per heavy atom. The lowest BCUT2D eigenvalue weighted by molar-refractivity contribution is 0.0635. The monoisotopic (exact) mass is 274 g/mol. The molecule has 1 aromatic rings. The molecule has 0 unspecified atom stereocenters. The lowest BCUT2D eigenvalue weighted by Crippen LogP contribution is -2.27. The van der Waals surface area contributed by atoms with Crippen LogP contribution in [-0.4, -0.2) is 23.8 Å². The lowest BCUT2D eigenvalue weighted by atomic mass is 10.2. The number of carbonyl (C=O) groups excluding carboxylic acids is 1. The highest BCUT2D eigenvalue weighted by atomic mass is 19.3. The molecule has 106 valence electrons. The van der Waals surface area contributed by atoms with E-state index in [9.17, 15) is 13.6 Å². The Bertz CT molecular complexity index is 459. The van der Waals surface area contributed by atoms with Crippen molar-refractivity contribution in [2.75, 3.05) is 12.4 Å². The van der Waals surface area contributed by atoms with Gasteiger partial charge in [0.15, 0.2) is 0 Å². The van der Waals surface area contributed by atoms with E-state index in [0.717, 1.165) is 6.07 Å². The Kier molecular flexibility index (Phi) is 4.63. The number of anilines is 1. The summed E-state index contributed by atoms with van der Waals surface area (Å²) in [6.45, 7) is 5.13. The van der Waals surface area contributed by atoms with E-state index in [1.54, 1.807) is 20.8 Å². The van der Waals surface area contributed by atoms with Crippen molar-refractivity contribution in [2.24, 2.45) is 0 Å². The number of methoxy groups -OCH3 is 1. The van der Waals surface area contributed by atoms with Crippen LogP contribution in [0.1, 0.15) is 32.9 Å². The van der Waals surface area contributed by atoms with Crippen molar-refractivity contribution in [1.29, 1.82) is 0 Å². The molecular weight excluding hydrogens is 258 g/mol. The van der Waals surface area contributed by atoms with Gasteiger partial charge in [0.25, 0.3) is 6.43 Å². The van der Waals surface area contributed by atoms with Crippen molar-refractivity contribution in [3.8, 4) is 5.88 Å². The van der Waals surface area contributed by atoms with E-state index in [0.29, 0.717) is 0 Å². The summed E-state index contributed by atoms with van der Waals surface area (Å²) < 4.78 is 34.8. The second kappa shape index (κ2) is 5.81. The van der Waals surface area contributed by atoms with Crippen LogP contribution in [0.15, 0.2) is 12.1 Å². The maximum Gasteiger partial charge on any atom is 0.412 e. The number of alkyl halides is 2. The fourth-order valence-corrected chi connectivity index (χ4v) is 1.24. The topological polar surface area (TPSA) is 60.5 Å². The summed E-state index contributed by atoms with van der Waals surface area (Å²) in [5, 5.41) is 2.39. The van der Waals surface area contributed by atoms with Gasteiger partial charge in [0.2, 0.25) is 5.88 Å². The van der Waals surface area contributed by atoms with Crippen molar-refractivity contribution >= 4 is 11.8 Å². The standard InChI is InChI=1S/C12H16F2N2O3/c1-12(2,3)19-11(17)16-8-6-5-7(9(13)14)15-10(8)18-4/h5-6,9H,1-4H3,(H,16,17). The summed E-state index contributed by atoms with van der Waals surface area (Å²) >= 11 is 0. The first-order valence-electron chi connectivity index (χ1n) is 5.56. The number of amides is 1. The van der Waals surface area contributed by atoms with E-state index >= 15 is 0 Å². The average molecular weight is 274 g/mol. The van der Waals surface area contributed by atoms with Crippen LogP contribution < -0.4 is 10.1 Å². The maximum absolute atomic E-state index is 12.5. The predicted molar refractivity (Wildman–Crippen MR) is 65.6 cm³/mol. The van der Waals surface area contributed by atoms with E-state index in [1.807, 2.05) is 0 Å². The normalized spacial score (nSPS) is 11.3. The zero-order valence-corrected chi connectivity index (χ0v) is 11.2. The van der Waals surface area contributed by atoms with E-state index in [-0.39, 0.29) is 11.6 Å². The first-order chi connectivity index (χ1) is 8.73. The maximum atomic E-state index is 12.5. The third kappa shape index (κ3) is 4.69. The van der Waals surface area contributed by atoms with Gasteiger partial charge in [-0.1, -0.05) is 0 Å². The van der Waals surface area contributed by atoms with Gasteiger partial charge in [0.1, 0.15) is 17.0 Å². The molecule has 0 radical (unpaired) electrons. The fourth-order valence-electron chi connectivity index (χ4n) is 1.24. The molecule has 5 nitrogen and oxygen atoms in total. The third-order valence-corrected chi connectivity index (χ3v) is 1.93. The van der Waals surface area contributed by atoms with E-state index in [2.05, 4.69) is 10.3 Å². The molecule has 19 heavy (non-hydrogen) atoms. The number of nitrogens with one attached hydrogen (secondary N) is 1. The highest BCUT2D eigenvalue weighted by molar-refractivity contribution is 5.86. The number of hydrogen-bond acceptors (Lipinski definition) is 4.